The quantitative estimate of drug-likeness (QED) is 0.254. The molecule has 0 amide bonds. The molecule has 1 heterocycles. The molecular weight excluding hydrogens is 518 g/mol. The standard InChI is InChI=1S/C34H34ClN3O2/c35-33-14-8-7-13-32(33)34(28-9-3-1-4-10-28,29-11-5-2-6-12-29)38-23-21-37(22-24-38)25-30(39)26-40-31-17-15-27(16-18-31)19-20-36/h1-18,30,39H,19,21-26H2. The fourth-order valence-electron chi connectivity index (χ4n) is 5.73. The van der Waals surface area contributed by atoms with E-state index >= 15 is 0 Å². The van der Waals surface area contributed by atoms with Crippen molar-refractivity contribution >= 4 is 11.6 Å². The van der Waals surface area contributed by atoms with Gasteiger partial charge in [0.25, 0.3) is 0 Å². The largest absolute Gasteiger partial charge is 0.491 e. The Bertz CT molecular complexity index is 1360. The van der Waals surface area contributed by atoms with Crippen molar-refractivity contribution in [3.8, 4) is 11.8 Å². The van der Waals surface area contributed by atoms with Gasteiger partial charge < -0.3 is 9.84 Å². The minimum absolute atomic E-state index is 0.218. The molecule has 5 rings (SSSR count). The third-order valence-electron chi connectivity index (χ3n) is 7.61. The average Bonchev–Trinajstić information content (AvgIpc) is 3.00. The molecule has 1 N–H and O–H groups in total. The molecule has 0 spiro atoms. The van der Waals surface area contributed by atoms with Gasteiger partial charge in [0, 0.05) is 37.7 Å². The van der Waals surface area contributed by atoms with Gasteiger partial charge in [0.1, 0.15) is 18.5 Å². The van der Waals surface area contributed by atoms with Gasteiger partial charge in [-0.15, -0.1) is 0 Å². The molecule has 1 saturated heterocycles. The molecule has 1 aliphatic rings. The summed E-state index contributed by atoms with van der Waals surface area (Å²) < 4.78 is 5.82. The zero-order valence-electron chi connectivity index (χ0n) is 22.5. The molecule has 204 valence electrons. The maximum absolute atomic E-state index is 10.8. The van der Waals surface area contributed by atoms with E-state index in [-0.39, 0.29) is 6.61 Å². The van der Waals surface area contributed by atoms with Gasteiger partial charge in [-0.3, -0.25) is 9.80 Å². The van der Waals surface area contributed by atoms with Crippen molar-refractivity contribution in [3.05, 3.63) is 136 Å². The highest BCUT2D eigenvalue weighted by Gasteiger charge is 2.44. The van der Waals surface area contributed by atoms with Crippen LogP contribution in [0.3, 0.4) is 0 Å². The van der Waals surface area contributed by atoms with Crippen LogP contribution in [0.4, 0.5) is 0 Å². The van der Waals surface area contributed by atoms with Crippen LogP contribution in [-0.4, -0.2) is 60.3 Å². The van der Waals surface area contributed by atoms with Gasteiger partial charge in [-0.25, -0.2) is 0 Å². The van der Waals surface area contributed by atoms with Crippen LogP contribution in [0.5, 0.6) is 5.75 Å². The minimum atomic E-state index is -0.609. The van der Waals surface area contributed by atoms with E-state index in [0.717, 1.165) is 42.3 Å². The monoisotopic (exact) mass is 551 g/mol. The molecule has 0 aromatic heterocycles. The number of halogens is 1. The highest BCUT2D eigenvalue weighted by Crippen LogP contribution is 2.45. The number of aliphatic hydroxyl groups is 1. The fraction of sp³-hybridized carbons (Fsp3) is 0.265. The number of nitrogens with zero attached hydrogens (tertiary/aromatic N) is 3. The van der Waals surface area contributed by atoms with Gasteiger partial charge in [-0.1, -0.05) is 103 Å². The number of aliphatic hydroxyl groups excluding tert-OH is 1. The van der Waals surface area contributed by atoms with Crippen molar-refractivity contribution in [1.82, 2.24) is 9.80 Å². The van der Waals surface area contributed by atoms with Crippen LogP contribution >= 0.6 is 11.6 Å². The number of ether oxygens (including phenoxy) is 1. The topological polar surface area (TPSA) is 59.7 Å². The number of hydrogen-bond donors (Lipinski definition) is 1. The molecule has 1 aliphatic heterocycles. The van der Waals surface area contributed by atoms with E-state index in [4.69, 9.17) is 21.6 Å². The molecule has 0 bridgehead atoms. The zero-order valence-corrected chi connectivity index (χ0v) is 23.3. The molecule has 0 radical (unpaired) electrons. The summed E-state index contributed by atoms with van der Waals surface area (Å²) in [5.41, 5.74) is 3.82. The van der Waals surface area contributed by atoms with Crippen molar-refractivity contribution in [1.29, 1.82) is 5.26 Å². The van der Waals surface area contributed by atoms with E-state index in [2.05, 4.69) is 76.5 Å². The van der Waals surface area contributed by atoms with Crippen molar-refractivity contribution in [2.75, 3.05) is 39.3 Å². The van der Waals surface area contributed by atoms with Gasteiger partial charge in [0.2, 0.25) is 0 Å². The van der Waals surface area contributed by atoms with Gasteiger partial charge in [0.15, 0.2) is 0 Å². The van der Waals surface area contributed by atoms with Crippen molar-refractivity contribution in [2.24, 2.45) is 0 Å². The van der Waals surface area contributed by atoms with Crippen molar-refractivity contribution in [2.45, 2.75) is 18.1 Å². The smallest absolute Gasteiger partial charge is 0.119 e. The summed E-state index contributed by atoms with van der Waals surface area (Å²) in [6.07, 6.45) is -0.233. The molecule has 1 unspecified atom stereocenters. The van der Waals surface area contributed by atoms with Crippen LogP contribution in [0.2, 0.25) is 5.02 Å². The fourth-order valence-corrected chi connectivity index (χ4v) is 6.00. The number of nitriles is 1. The molecule has 1 fully saturated rings. The van der Waals surface area contributed by atoms with Crippen LogP contribution in [0.15, 0.2) is 109 Å². The normalized spacial score (nSPS) is 15.3. The number of rotatable bonds is 10. The average molecular weight is 552 g/mol. The highest BCUT2D eigenvalue weighted by atomic mass is 35.5. The van der Waals surface area contributed by atoms with Crippen LogP contribution in [0, 0.1) is 11.3 Å². The molecule has 1 atom stereocenters. The van der Waals surface area contributed by atoms with E-state index in [1.54, 1.807) is 0 Å². The Morgan fingerprint density at radius 3 is 1.95 bits per heavy atom. The van der Waals surface area contributed by atoms with Gasteiger partial charge >= 0.3 is 0 Å². The second-order valence-electron chi connectivity index (χ2n) is 10.2. The molecule has 6 heteroatoms. The first-order valence-electron chi connectivity index (χ1n) is 13.7. The summed E-state index contributed by atoms with van der Waals surface area (Å²) in [5, 5.41) is 20.3. The summed E-state index contributed by atoms with van der Waals surface area (Å²) in [6, 6.07) is 39.0. The third kappa shape index (κ3) is 6.06. The second-order valence-corrected chi connectivity index (χ2v) is 10.6. The first-order chi connectivity index (χ1) is 19.6. The number of benzene rings is 4. The molecule has 0 saturated carbocycles. The first kappa shape index (κ1) is 27.9. The Labute approximate surface area is 241 Å². The summed E-state index contributed by atoms with van der Waals surface area (Å²) in [5.74, 6) is 0.695. The molecule has 5 nitrogen and oxygen atoms in total. The maximum atomic E-state index is 10.8. The lowest BCUT2D eigenvalue weighted by atomic mass is 9.75. The first-order valence-corrected chi connectivity index (χ1v) is 14.1. The summed E-state index contributed by atoms with van der Waals surface area (Å²) >= 11 is 6.94. The molecule has 0 aliphatic carbocycles. The van der Waals surface area contributed by atoms with E-state index in [1.165, 1.54) is 11.1 Å². The SMILES string of the molecule is N#CCc1ccc(OCC(O)CN2CCN(C(c3ccccc3)(c3ccccc3)c3ccccc3Cl)CC2)cc1. The Balaban J connectivity index is 1.33. The van der Waals surface area contributed by atoms with Gasteiger partial charge in [-0.2, -0.15) is 5.26 Å². The van der Waals surface area contributed by atoms with E-state index in [1.807, 2.05) is 48.5 Å². The number of β-amino-alcohol motifs (C(OH)–C–C–N with tert-alkyl or cyclic N) is 1. The third-order valence-corrected chi connectivity index (χ3v) is 7.94. The lowest BCUT2D eigenvalue weighted by molar-refractivity contribution is 0.0276. The Hall–Kier alpha value is -3.66. The van der Waals surface area contributed by atoms with Gasteiger partial charge in [-0.05, 0) is 40.5 Å². The maximum Gasteiger partial charge on any atom is 0.119 e. The molecule has 4 aromatic carbocycles. The highest BCUT2D eigenvalue weighted by molar-refractivity contribution is 6.31. The number of hydrogen-bond acceptors (Lipinski definition) is 5. The molecule has 40 heavy (non-hydrogen) atoms. The number of piperazine rings is 1. The molecule has 4 aromatic rings. The minimum Gasteiger partial charge on any atom is -0.491 e. The Morgan fingerprint density at radius 1 is 0.800 bits per heavy atom. The van der Waals surface area contributed by atoms with Crippen LogP contribution in [0.1, 0.15) is 22.3 Å². The molecular formula is C34H34ClN3O2. The van der Waals surface area contributed by atoms with E-state index in [0.29, 0.717) is 18.7 Å². The van der Waals surface area contributed by atoms with E-state index < -0.39 is 11.6 Å². The predicted octanol–water partition coefficient (Wildman–Crippen LogP) is 5.76. The predicted molar refractivity (Wildman–Crippen MR) is 159 cm³/mol. The van der Waals surface area contributed by atoms with E-state index in [9.17, 15) is 5.11 Å². The van der Waals surface area contributed by atoms with Crippen molar-refractivity contribution < 1.29 is 9.84 Å². The van der Waals surface area contributed by atoms with Crippen molar-refractivity contribution in [3.63, 3.8) is 0 Å². The van der Waals surface area contributed by atoms with Crippen LogP contribution in [0.25, 0.3) is 0 Å². The van der Waals surface area contributed by atoms with Crippen LogP contribution in [-0.2, 0) is 12.0 Å². The zero-order chi connectivity index (χ0) is 27.8. The summed E-state index contributed by atoms with van der Waals surface area (Å²) in [6.45, 7) is 4.00. The summed E-state index contributed by atoms with van der Waals surface area (Å²) in [4.78, 5) is 4.83. The summed E-state index contributed by atoms with van der Waals surface area (Å²) in [7, 11) is 0. The Kier molecular flexibility index (Phi) is 9.15. The lowest BCUT2D eigenvalue weighted by Crippen LogP contribution is -2.57. The lowest BCUT2D eigenvalue weighted by Gasteiger charge is -2.49. The second kappa shape index (κ2) is 13.1. The van der Waals surface area contributed by atoms with Gasteiger partial charge in [0.05, 0.1) is 18.0 Å². The van der Waals surface area contributed by atoms with Crippen LogP contribution < -0.4 is 4.74 Å². The Morgan fingerprint density at radius 2 is 1.38 bits per heavy atom.